The van der Waals surface area contributed by atoms with Gasteiger partial charge in [-0.1, -0.05) is 63.3 Å². The maximum Gasteiger partial charge on any atom is 0.0785 e. The number of thiocarbonyl (C=S) groups is 1. The molecule has 1 saturated heterocycles. The highest BCUT2D eigenvalue weighted by molar-refractivity contribution is 7.80. The summed E-state index contributed by atoms with van der Waals surface area (Å²) in [5.41, 5.74) is 1.65. The van der Waals surface area contributed by atoms with Crippen LogP contribution in [-0.4, -0.2) is 15.9 Å². The van der Waals surface area contributed by atoms with Crippen molar-refractivity contribution in [1.29, 1.82) is 0 Å². The molecule has 0 saturated carbocycles. The minimum atomic E-state index is 0.301. The topological polar surface area (TPSA) is 3.24 Å². The molecule has 2 heteroatoms. The van der Waals surface area contributed by atoms with Crippen molar-refractivity contribution in [2.75, 3.05) is 0 Å². The zero-order valence-electron chi connectivity index (χ0n) is 10.9. The van der Waals surface area contributed by atoms with Crippen LogP contribution in [0.4, 0.5) is 0 Å². The van der Waals surface area contributed by atoms with Crippen LogP contribution in [0.2, 0.25) is 0 Å². The molecule has 0 spiro atoms. The van der Waals surface area contributed by atoms with Crippen LogP contribution in [0.15, 0.2) is 30.3 Å². The van der Waals surface area contributed by atoms with Crippen LogP contribution in [-0.2, 0) is 6.54 Å². The Morgan fingerprint density at radius 1 is 1.24 bits per heavy atom. The van der Waals surface area contributed by atoms with Gasteiger partial charge in [0.1, 0.15) is 0 Å². The Bertz CT molecular complexity index is 391. The van der Waals surface area contributed by atoms with Gasteiger partial charge in [0, 0.05) is 12.6 Å². The number of nitrogens with zero attached hydrogens (tertiary/aromatic N) is 1. The quantitative estimate of drug-likeness (QED) is 0.726. The van der Waals surface area contributed by atoms with E-state index in [0.29, 0.717) is 11.5 Å². The Hall–Kier alpha value is -0.890. The van der Waals surface area contributed by atoms with Crippen molar-refractivity contribution in [2.45, 2.75) is 46.2 Å². The molecule has 1 fully saturated rings. The van der Waals surface area contributed by atoms with Crippen molar-refractivity contribution in [3.05, 3.63) is 35.9 Å². The highest BCUT2D eigenvalue weighted by Crippen LogP contribution is 2.34. The molecule has 0 bridgehead atoms. The Morgan fingerprint density at radius 3 is 2.47 bits per heavy atom. The second kappa shape index (κ2) is 4.77. The first-order valence-electron chi connectivity index (χ1n) is 6.32. The standard InChI is InChI=1S/C15H21NS/c1-15(2,3)13-9-10-14(17)16(13)11-12-7-5-4-6-8-12/h4-8,13H,9-11H2,1-3H3/t13-/m0/s1. The Morgan fingerprint density at radius 2 is 1.88 bits per heavy atom. The molecular formula is C15H21NS. The Balaban J connectivity index is 2.15. The molecule has 1 aliphatic rings. The zero-order chi connectivity index (χ0) is 12.5. The summed E-state index contributed by atoms with van der Waals surface area (Å²) in [4.78, 5) is 3.55. The van der Waals surface area contributed by atoms with Crippen molar-refractivity contribution >= 4 is 17.2 Å². The summed E-state index contributed by atoms with van der Waals surface area (Å²) in [6.07, 6.45) is 2.28. The third-order valence-electron chi connectivity index (χ3n) is 3.52. The summed E-state index contributed by atoms with van der Waals surface area (Å²) >= 11 is 5.51. The maximum atomic E-state index is 5.51. The number of likely N-dealkylation sites (tertiary alicyclic amines) is 1. The molecule has 2 rings (SSSR count). The van der Waals surface area contributed by atoms with Crippen LogP contribution in [0.25, 0.3) is 0 Å². The number of hydrogen-bond acceptors (Lipinski definition) is 1. The maximum absolute atomic E-state index is 5.51. The van der Waals surface area contributed by atoms with Gasteiger partial charge in [-0.3, -0.25) is 0 Å². The molecule has 1 aliphatic heterocycles. The molecule has 17 heavy (non-hydrogen) atoms. The molecule has 0 amide bonds. The molecule has 1 aromatic carbocycles. The van der Waals surface area contributed by atoms with Gasteiger partial charge >= 0.3 is 0 Å². The summed E-state index contributed by atoms with van der Waals surface area (Å²) < 4.78 is 0. The molecular weight excluding hydrogens is 226 g/mol. The third-order valence-corrected chi connectivity index (χ3v) is 3.96. The van der Waals surface area contributed by atoms with Crippen LogP contribution < -0.4 is 0 Å². The van der Waals surface area contributed by atoms with E-state index in [1.807, 2.05) is 0 Å². The van der Waals surface area contributed by atoms with E-state index in [-0.39, 0.29) is 0 Å². The molecule has 1 heterocycles. The molecule has 92 valence electrons. The lowest BCUT2D eigenvalue weighted by Crippen LogP contribution is -2.40. The minimum absolute atomic E-state index is 0.301. The second-order valence-electron chi connectivity index (χ2n) is 5.93. The fourth-order valence-electron chi connectivity index (χ4n) is 2.61. The van der Waals surface area contributed by atoms with E-state index >= 15 is 0 Å². The van der Waals surface area contributed by atoms with Gasteiger partial charge in [0.2, 0.25) is 0 Å². The molecule has 0 aliphatic carbocycles. The highest BCUT2D eigenvalue weighted by atomic mass is 32.1. The summed E-state index contributed by atoms with van der Waals surface area (Å²) in [6, 6.07) is 11.2. The molecule has 1 aromatic rings. The number of rotatable bonds is 2. The Labute approximate surface area is 110 Å². The van der Waals surface area contributed by atoms with Gasteiger partial charge in [0.15, 0.2) is 0 Å². The predicted molar refractivity (Wildman–Crippen MR) is 77.1 cm³/mol. The van der Waals surface area contributed by atoms with Crippen LogP contribution in [0.3, 0.4) is 0 Å². The Kier molecular flexibility index (Phi) is 3.53. The van der Waals surface area contributed by atoms with Gasteiger partial charge in [-0.15, -0.1) is 0 Å². The largest absolute Gasteiger partial charge is 0.358 e. The fraction of sp³-hybridized carbons (Fsp3) is 0.533. The number of hydrogen-bond donors (Lipinski definition) is 0. The van der Waals surface area contributed by atoms with E-state index in [9.17, 15) is 0 Å². The molecule has 0 unspecified atom stereocenters. The lowest BCUT2D eigenvalue weighted by atomic mass is 9.85. The van der Waals surface area contributed by atoms with E-state index in [0.717, 1.165) is 18.0 Å². The minimum Gasteiger partial charge on any atom is -0.358 e. The van der Waals surface area contributed by atoms with E-state index in [2.05, 4.69) is 56.0 Å². The summed E-state index contributed by atoms with van der Waals surface area (Å²) in [6.45, 7) is 7.89. The van der Waals surface area contributed by atoms with E-state index in [1.54, 1.807) is 0 Å². The summed E-state index contributed by atoms with van der Waals surface area (Å²) in [5, 5.41) is 0. The van der Waals surface area contributed by atoms with Gasteiger partial charge in [0.25, 0.3) is 0 Å². The van der Waals surface area contributed by atoms with Crippen molar-refractivity contribution in [3.8, 4) is 0 Å². The van der Waals surface area contributed by atoms with Gasteiger partial charge in [-0.2, -0.15) is 0 Å². The smallest absolute Gasteiger partial charge is 0.0785 e. The molecule has 0 radical (unpaired) electrons. The average Bonchev–Trinajstić information content (AvgIpc) is 2.62. The van der Waals surface area contributed by atoms with Crippen molar-refractivity contribution in [2.24, 2.45) is 5.41 Å². The molecule has 0 aromatic heterocycles. The molecule has 0 N–H and O–H groups in total. The highest BCUT2D eigenvalue weighted by Gasteiger charge is 2.36. The molecule has 1 nitrogen and oxygen atoms in total. The SMILES string of the molecule is CC(C)(C)[C@@H]1CCC(=S)N1Cc1ccccc1. The molecule has 1 atom stereocenters. The lowest BCUT2D eigenvalue weighted by molar-refractivity contribution is 0.179. The van der Waals surface area contributed by atoms with Crippen LogP contribution in [0.5, 0.6) is 0 Å². The van der Waals surface area contributed by atoms with Gasteiger partial charge in [0.05, 0.1) is 4.99 Å². The summed E-state index contributed by atoms with van der Waals surface area (Å²) in [5.74, 6) is 0. The second-order valence-corrected chi connectivity index (χ2v) is 6.40. The predicted octanol–water partition coefficient (Wildman–Crippen LogP) is 4.02. The van der Waals surface area contributed by atoms with Crippen LogP contribution in [0, 0.1) is 5.41 Å². The van der Waals surface area contributed by atoms with Crippen LogP contribution >= 0.6 is 12.2 Å². The zero-order valence-corrected chi connectivity index (χ0v) is 11.8. The van der Waals surface area contributed by atoms with Crippen molar-refractivity contribution in [3.63, 3.8) is 0 Å². The normalized spacial score (nSPS) is 21.0. The third kappa shape index (κ3) is 2.86. The average molecular weight is 247 g/mol. The van der Waals surface area contributed by atoms with Crippen molar-refractivity contribution in [1.82, 2.24) is 4.90 Å². The van der Waals surface area contributed by atoms with Gasteiger partial charge in [-0.05, 0) is 23.8 Å². The monoisotopic (exact) mass is 247 g/mol. The van der Waals surface area contributed by atoms with E-state index in [1.165, 1.54) is 12.0 Å². The first-order chi connectivity index (χ1) is 7.98. The van der Waals surface area contributed by atoms with Gasteiger partial charge < -0.3 is 4.90 Å². The number of benzene rings is 1. The van der Waals surface area contributed by atoms with Crippen LogP contribution in [0.1, 0.15) is 39.2 Å². The summed E-state index contributed by atoms with van der Waals surface area (Å²) in [7, 11) is 0. The fourth-order valence-corrected chi connectivity index (χ4v) is 2.92. The van der Waals surface area contributed by atoms with Crippen molar-refractivity contribution < 1.29 is 0 Å². The van der Waals surface area contributed by atoms with Gasteiger partial charge in [-0.25, -0.2) is 0 Å². The lowest BCUT2D eigenvalue weighted by Gasteiger charge is -2.36. The first kappa shape index (κ1) is 12.6. The van der Waals surface area contributed by atoms with E-state index in [4.69, 9.17) is 12.2 Å². The van der Waals surface area contributed by atoms with E-state index < -0.39 is 0 Å². The first-order valence-corrected chi connectivity index (χ1v) is 6.73.